The van der Waals surface area contributed by atoms with Gasteiger partial charge in [0.1, 0.15) is 0 Å². The minimum Gasteiger partial charge on any atom is -0.382 e. The Labute approximate surface area is 123 Å². The Morgan fingerprint density at radius 2 is 1.89 bits per heavy atom. The zero-order valence-corrected chi connectivity index (χ0v) is 12.7. The second-order valence-corrected chi connectivity index (χ2v) is 6.17. The number of benzene rings is 2. The van der Waals surface area contributed by atoms with E-state index in [2.05, 4.69) is 70.6 Å². The first-order valence-corrected chi connectivity index (χ1v) is 7.61. The maximum atomic E-state index is 3.67. The van der Waals surface area contributed by atoms with Gasteiger partial charge in [-0.05, 0) is 61.1 Å². The average Bonchev–Trinajstić information content (AvgIpc) is 2.43. The number of anilines is 1. The van der Waals surface area contributed by atoms with Gasteiger partial charge in [0.15, 0.2) is 0 Å². The van der Waals surface area contributed by atoms with Gasteiger partial charge in [-0.3, -0.25) is 0 Å². The molecule has 1 N–H and O–H groups in total. The van der Waals surface area contributed by atoms with Crippen molar-refractivity contribution in [3.63, 3.8) is 0 Å². The lowest BCUT2D eigenvalue weighted by Gasteiger charge is -2.26. The number of hydrogen-bond donors (Lipinski definition) is 1. The molecule has 0 fully saturated rings. The molecule has 0 aromatic heterocycles. The number of halogens is 1. The molecule has 0 amide bonds. The highest BCUT2D eigenvalue weighted by atomic mass is 79.9. The number of aryl methyl sites for hydroxylation is 2. The van der Waals surface area contributed by atoms with E-state index in [1.54, 1.807) is 0 Å². The fourth-order valence-electron chi connectivity index (χ4n) is 2.79. The zero-order valence-electron chi connectivity index (χ0n) is 11.1. The lowest BCUT2D eigenvalue weighted by Crippen LogP contribution is -2.27. The standard InChI is InChI=1S/C17H18BrN/c1-12-10-15(8-9-17(12)18)19-16-7-6-13-4-2-3-5-14(13)11-16/h2-5,8-10,16,19H,6-7,11H2,1H3. The number of hydrogen-bond acceptors (Lipinski definition) is 1. The lowest BCUT2D eigenvalue weighted by molar-refractivity contribution is 0.611. The monoisotopic (exact) mass is 315 g/mol. The maximum Gasteiger partial charge on any atom is 0.0345 e. The van der Waals surface area contributed by atoms with Crippen molar-refractivity contribution < 1.29 is 0 Å². The first-order chi connectivity index (χ1) is 9.22. The summed E-state index contributed by atoms with van der Waals surface area (Å²) in [4.78, 5) is 0. The van der Waals surface area contributed by atoms with E-state index < -0.39 is 0 Å². The summed E-state index contributed by atoms with van der Waals surface area (Å²) in [7, 11) is 0. The zero-order chi connectivity index (χ0) is 13.2. The first-order valence-electron chi connectivity index (χ1n) is 6.82. The minimum atomic E-state index is 0.551. The molecular weight excluding hydrogens is 298 g/mol. The molecule has 0 heterocycles. The van der Waals surface area contributed by atoms with Crippen molar-refractivity contribution in [3.05, 3.63) is 63.6 Å². The van der Waals surface area contributed by atoms with Crippen LogP contribution >= 0.6 is 15.9 Å². The molecule has 1 aliphatic rings. The van der Waals surface area contributed by atoms with E-state index in [4.69, 9.17) is 0 Å². The van der Waals surface area contributed by atoms with Crippen molar-refractivity contribution in [2.24, 2.45) is 0 Å². The molecule has 0 spiro atoms. The summed E-state index contributed by atoms with van der Waals surface area (Å²) in [5.41, 5.74) is 5.53. The Bertz CT molecular complexity index is 592. The van der Waals surface area contributed by atoms with Crippen LogP contribution in [0.3, 0.4) is 0 Å². The van der Waals surface area contributed by atoms with Crippen molar-refractivity contribution in [3.8, 4) is 0 Å². The van der Waals surface area contributed by atoms with Crippen LogP contribution in [0.1, 0.15) is 23.1 Å². The van der Waals surface area contributed by atoms with Crippen LogP contribution in [0.5, 0.6) is 0 Å². The van der Waals surface area contributed by atoms with Gasteiger partial charge < -0.3 is 5.32 Å². The summed E-state index contributed by atoms with van der Waals surface area (Å²) in [6.07, 6.45) is 3.53. The molecule has 0 saturated heterocycles. The Balaban J connectivity index is 1.73. The van der Waals surface area contributed by atoms with E-state index in [0.29, 0.717) is 6.04 Å². The Kier molecular flexibility index (Phi) is 3.61. The quantitative estimate of drug-likeness (QED) is 0.845. The van der Waals surface area contributed by atoms with Crippen molar-refractivity contribution >= 4 is 21.6 Å². The fourth-order valence-corrected chi connectivity index (χ4v) is 3.04. The molecule has 1 aliphatic carbocycles. The van der Waals surface area contributed by atoms with Gasteiger partial charge in [-0.2, -0.15) is 0 Å². The molecule has 0 bridgehead atoms. The molecule has 1 unspecified atom stereocenters. The van der Waals surface area contributed by atoms with E-state index in [9.17, 15) is 0 Å². The molecular formula is C17H18BrN. The fraction of sp³-hybridized carbons (Fsp3) is 0.294. The lowest BCUT2D eigenvalue weighted by atomic mass is 9.88. The second kappa shape index (κ2) is 5.38. The number of rotatable bonds is 2. The van der Waals surface area contributed by atoms with E-state index >= 15 is 0 Å². The van der Waals surface area contributed by atoms with Gasteiger partial charge in [0.2, 0.25) is 0 Å². The molecule has 1 nitrogen and oxygen atoms in total. The molecule has 3 rings (SSSR count). The summed E-state index contributed by atoms with van der Waals surface area (Å²) in [6, 6.07) is 15.8. The van der Waals surface area contributed by atoms with Crippen LogP contribution in [0.4, 0.5) is 5.69 Å². The second-order valence-electron chi connectivity index (χ2n) is 5.32. The normalized spacial score (nSPS) is 17.9. The van der Waals surface area contributed by atoms with Crippen LogP contribution in [-0.4, -0.2) is 6.04 Å². The topological polar surface area (TPSA) is 12.0 Å². The third kappa shape index (κ3) is 2.84. The van der Waals surface area contributed by atoms with Crippen LogP contribution in [0.15, 0.2) is 46.9 Å². The molecule has 0 radical (unpaired) electrons. The molecule has 2 aromatic carbocycles. The maximum absolute atomic E-state index is 3.67. The molecule has 0 saturated carbocycles. The van der Waals surface area contributed by atoms with Crippen LogP contribution in [0, 0.1) is 6.92 Å². The Morgan fingerprint density at radius 3 is 2.68 bits per heavy atom. The Morgan fingerprint density at radius 1 is 1.11 bits per heavy atom. The summed E-state index contributed by atoms with van der Waals surface area (Å²) >= 11 is 3.55. The first kappa shape index (κ1) is 12.7. The summed E-state index contributed by atoms with van der Waals surface area (Å²) < 4.78 is 1.17. The Hall–Kier alpha value is -1.28. The number of fused-ring (bicyclic) bond motifs is 1. The predicted molar refractivity (Wildman–Crippen MR) is 84.8 cm³/mol. The van der Waals surface area contributed by atoms with Gasteiger partial charge >= 0.3 is 0 Å². The largest absolute Gasteiger partial charge is 0.382 e. The average molecular weight is 316 g/mol. The minimum absolute atomic E-state index is 0.551. The van der Waals surface area contributed by atoms with Crippen LogP contribution in [0.25, 0.3) is 0 Å². The van der Waals surface area contributed by atoms with Crippen molar-refractivity contribution in [1.29, 1.82) is 0 Å². The number of nitrogens with one attached hydrogen (secondary N) is 1. The highest BCUT2D eigenvalue weighted by molar-refractivity contribution is 9.10. The third-order valence-corrected chi connectivity index (χ3v) is 4.77. The van der Waals surface area contributed by atoms with Gasteiger partial charge in [0.05, 0.1) is 0 Å². The molecule has 0 aliphatic heterocycles. The van der Waals surface area contributed by atoms with Gasteiger partial charge in [-0.1, -0.05) is 40.2 Å². The van der Waals surface area contributed by atoms with E-state index in [1.807, 2.05) is 0 Å². The third-order valence-electron chi connectivity index (χ3n) is 3.88. The highest BCUT2D eigenvalue weighted by Crippen LogP contribution is 2.25. The van der Waals surface area contributed by atoms with Gasteiger partial charge in [-0.25, -0.2) is 0 Å². The SMILES string of the molecule is Cc1cc(NC2CCc3ccccc3C2)ccc1Br. The summed E-state index contributed by atoms with van der Waals surface area (Å²) in [6.45, 7) is 2.13. The van der Waals surface area contributed by atoms with Crippen LogP contribution in [0.2, 0.25) is 0 Å². The molecule has 19 heavy (non-hydrogen) atoms. The summed E-state index contributed by atoms with van der Waals surface area (Å²) in [5.74, 6) is 0. The summed E-state index contributed by atoms with van der Waals surface area (Å²) in [5, 5.41) is 3.67. The molecule has 98 valence electrons. The van der Waals surface area contributed by atoms with Crippen LogP contribution < -0.4 is 5.32 Å². The molecule has 1 atom stereocenters. The smallest absolute Gasteiger partial charge is 0.0345 e. The molecule has 2 aromatic rings. The molecule has 2 heteroatoms. The van der Waals surface area contributed by atoms with Crippen molar-refractivity contribution in [2.75, 3.05) is 5.32 Å². The van der Waals surface area contributed by atoms with E-state index in [0.717, 1.165) is 6.42 Å². The van der Waals surface area contributed by atoms with Crippen molar-refractivity contribution in [2.45, 2.75) is 32.2 Å². The van der Waals surface area contributed by atoms with Crippen molar-refractivity contribution in [1.82, 2.24) is 0 Å². The van der Waals surface area contributed by atoms with Gasteiger partial charge in [-0.15, -0.1) is 0 Å². The highest BCUT2D eigenvalue weighted by Gasteiger charge is 2.17. The predicted octanol–water partition coefficient (Wildman–Crippen LogP) is 4.73. The van der Waals surface area contributed by atoms with E-state index in [-0.39, 0.29) is 0 Å². The van der Waals surface area contributed by atoms with E-state index in [1.165, 1.54) is 39.7 Å². The van der Waals surface area contributed by atoms with Gasteiger partial charge in [0.25, 0.3) is 0 Å². The van der Waals surface area contributed by atoms with Crippen LogP contribution in [-0.2, 0) is 12.8 Å². The van der Waals surface area contributed by atoms with Gasteiger partial charge in [0, 0.05) is 16.2 Å².